The molecule has 0 fully saturated rings. The number of aromatic carboxylic acids is 1. The van der Waals surface area contributed by atoms with Gasteiger partial charge in [-0.3, -0.25) is 9.97 Å². The highest BCUT2D eigenvalue weighted by atomic mass is 16.6. The number of nitrogens with zero attached hydrogens (tertiary/aromatic N) is 3. The lowest BCUT2D eigenvalue weighted by atomic mass is 10.2. The minimum atomic E-state index is -1.02. The molecule has 2 aromatic heterocycles. The fourth-order valence-electron chi connectivity index (χ4n) is 1.48. The predicted molar refractivity (Wildman–Crippen MR) is 72.2 cm³/mol. The van der Waals surface area contributed by atoms with Gasteiger partial charge in [0.15, 0.2) is 11.1 Å². The Balaban J connectivity index is 0.000000677. The third kappa shape index (κ3) is 5.64. The predicted octanol–water partition coefficient (Wildman–Crippen LogP) is 1.94. The standard InChI is InChI=1S/C13H12N2O3.HNO2/c16-13(17)11-4-7-14-9-12(11)18-8-5-10-3-1-2-6-15-10;2-1-3/h1-4,6-7,9H,5,8H2,(H,16,17);(H,2,3). The van der Waals surface area contributed by atoms with E-state index in [0.717, 1.165) is 5.69 Å². The molecular weight excluding hydrogens is 278 g/mol. The van der Waals surface area contributed by atoms with Gasteiger partial charge in [0.2, 0.25) is 0 Å². The van der Waals surface area contributed by atoms with Crippen molar-refractivity contribution >= 4 is 5.97 Å². The summed E-state index contributed by atoms with van der Waals surface area (Å²) in [6.07, 6.45) is 5.16. The maximum absolute atomic E-state index is 10.9. The normalized spacial score (nSPS) is 9.14. The van der Waals surface area contributed by atoms with Gasteiger partial charge in [0.25, 0.3) is 0 Å². The van der Waals surface area contributed by atoms with E-state index in [2.05, 4.69) is 9.97 Å². The summed E-state index contributed by atoms with van der Waals surface area (Å²) in [5.41, 5.74) is 1.02. The van der Waals surface area contributed by atoms with Crippen LogP contribution in [0, 0.1) is 4.91 Å². The number of carboxylic acid groups (broad SMARTS) is 1. The Labute approximate surface area is 120 Å². The topological polar surface area (TPSA) is 122 Å². The third-order valence-electron chi connectivity index (χ3n) is 2.36. The van der Waals surface area contributed by atoms with Gasteiger partial charge in [-0.05, 0) is 18.2 Å². The Morgan fingerprint density at radius 2 is 2.05 bits per heavy atom. The smallest absolute Gasteiger partial charge is 0.339 e. The van der Waals surface area contributed by atoms with Crippen LogP contribution in [0.25, 0.3) is 0 Å². The van der Waals surface area contributed by atoms with Crippen molar-refractivity contribution in [3.63, 3.8) is 0 Å². The zero-order chi connectivity index (χ0) is 15.5. The zero-order valence-electron chi connectivity index (χ0n) is 10.9. The summed E-state index contributed by atoms with van der Waals surface area (Å²) < 4.78 is 5.42. The molecule has 0 unspecified atom stereocenters. The maximum atomic E-state index is 10.9. The van der Waals surface area contributed by atoms with E-state index < -0.39 is 5.97 Å². The van der Waals surface area contributed by atoms with E-state index in [9.17, 15) is 4.79 Å². The number of pyridine rings is 2. The molecule has 0 atom stereocenters. The summed E-state index contributed by atoms with van der Waals surface area (Å²) in [4.78, 5) is 27.1. The first-order chi connectivity index (χ1) is 10.2. The largest absolute Gasteiger partial charge is 0.491 e. The van der Waals surface area contributed by atoms with Gasteiger partial charge in [0.05, 0.1) is 12.8 Å². The molecule has 0 bridgehead atoms. The monoisotopic (exact) mass is 291 g/mol. The van der Waals surface area contributed by atoms with Crippen LogP contribution < -0.4 is 4.74 Å². The molecule has 0 radical (unpaired) electrons. The van der Waals surface area contributed by atoms with Crippen molar-refractivity contribution in [2.24, 2.45) is 5.34 Å². The first kappa shape index (κ1) is 16.0. The summed E-state index contributed by atoms with van der Waals surface area (Å²) in [6.45, 7) is 0.364. The SMILES string of the molecule is O=C(O)c1ccncc1OCCc1ccccn1.O=NO. The first-order valence-corrected chi connectivity index (χ1v) is 5.85. The van der Waals surface area contributed by atoms with E-state index in [4.69, 9.17) is 20.0 Å². The van der Waals surface area contributed by atoms with Crippen molar-refractivity contribution in [3.05, 3.63) is 59.0 Å². The van der Waals surface area contributed by atoms with Crippen molar-refractivity contribution in [1.29, 1.82) is 0 Å². The molecular formula is C13H13N3O5. The first-order valence-electron chi connectivity index (χ1n) is 5.85. The van der Waals surface area contributed by atoms with Gasteiger partial charge < -0.3 is 15.1 Å². The van der Waals surface area contributed by atoms with E-state index in [1.165, 1.54) is 23.8 Å². The second-order valence-corrected chi connectivity index (χ2v) is 3.68. The molecule has 2 aromatic rings. The van der Waals surface area contributed by atoms with Crippen LogP contribution in [-0.2, 0) is 6.42 Å². The van der Waals surface area contributed by atoms with E-state index >= 15 is 0 Å². The Morgan fingerprint density at radius 3 is 2.67 bits per heavy atom. The Bertz CT molecular complexity index is 577. The minimum Gasteiger partial charge on any atom is -0.491 e. The molecule has 0 aliphatic rings. The molecule has 2 N–H and O–H groups in total. The number of carbonyl (C=O) groups is 1. The van der Waals surface area contributed by atoms with Gasteiger partial charge >= 0.3 is 5.97 Å². The molecule has 0 aromatic carbocycles. The van der Waals surface area contributed by atoms with Crippen molar-refractivity contribution in [2.45, 2.75) is 6.42 Å². The number of hydrogen-bond acceptors (Lipinski definition) is 6. The molecule has 110 valence electrons. The van der Waals surface area contributed by atoms with Crippen LogP contribution in [0.3, 0.4) is 0 Å². The van der Waals surface area contributed by atoms with E-state index in [-0.39, 0.29) is 11.3 Å². The highest BCUT2D eigenvalue weighted by molar-refractivity contribution is 5.90. The quantitative estimate of drug-likeness (QED) is 0.637. The lowest BCUT2D eigenvalue weighted by Gasteiger charge is -2.07. The highest BCUT2D eigenvalue weighted by Crippen LogP contribution is 2.16. The summed E-state index contributed by atoms with van der Waals surface area (Å²) in [5, 5.41) is 16.9. The van der Waals surface area contributed by atoms with Crippen LogP contribution in [0.5, 0.6) is 5.75 Å². The number of aromatic nitrogens is 2. The average Bonchev–Trinajstić information content (AvgIpc) is 2.49. The molecule has 8 nitrogen and oxygen atoms in total. The number of rotatable bonds is 5. The Hall–Kier alpha value is -3.03. The van der Waals surface area contributed by atoms with Gasteiger partial charge in [0, 0.05) is 24.5 Å². The Kier molecular flexibility index (Phi) is 6.84. The molecule has 0 saturated carbocycles. The van der Waals surface area contributed by atoms with Gasteiger partial charge in [-0.1, -0.05) is 6.07 Å². The lowest BCUT2D eigenvalue weighted by Crippen LogP contribution is -2.07. The molecule has 8 heteroatoms. The van der Waals surface area contributed by atoms with Crippen molar-refractivity contribution in [2.75, 3.05) is 6.61 Å². The Morgan fingerprint density at radius 1 is 1.29 bits per heavy atom. The van der Waals surface area contributed by atoms with Crippen LogP contribution in [0.1, 0.15) is 16.1 Å². The molecule has 0 spiro atoms. The summed E-state index contributed by atoms with van der Waals surface area (Å²) in [6, 6.07) is 7.05. The van der Waals surface area contributed by atoms with Gasteiger partial charge in [-0.2, -0.15) is 0 Å². The molecule has 0 saturated heterocycles. The van der Waals surface area contributed by atoms with Gasteiger partial charge in [-0.25, -0.2) is 4.79 Å². The van der Waals surface area contributed by atoms with Crippen LogP contribution in [0.4, 0.5) is 0 Å². The molecule has 0 aliphatic carbocycles. The molecule has 21 heavy (non-hydrogen) atoms. The van der Waals surface area contributed by atoms with Crippen molar-refractivity contribution in [1.82, 2.24) is 9.97 Å². The van der Waals surface area contributed by atoms with Gasteiger partial charge in [0.1, 0.15) is 5.56 Å². The lowest BCUT2D eigenvalue weighted by molar-refractivity contribution is 0.0692. The summed E-state index contributed by atoms with van der Waals surface area (Å²) >= 11 is 0. The highest BCUT2D eigenvalue weighted by Gasteiger charge is 2.10. The van der Waals surface area contributed by atoms with E-state index in [0.29, 0.717) is 13.0 Å². The third-order valence-corrected chi connectivity index (χ3v) is 2.36. The summed E-state index contributed by atoms with van der Waals surface area (Å²) in [5.74, 6) is -0.744. The van der Waals surface area contributed by atoms with E-state index in [1.54, 1.807) is 6.20 Å². The fraction of sp³-hybridized carbons (Fsp3) is 0.154. The zero-order valence-corrected chi connectivity index (χ0v) is 10.9. The average molecular weight is 291 g/mol. The molecule has 0 amide bonds. The van der Waals surface area contributed by atoms with Crippen molar-refractivity contribution in [3.8, 4) is 5.75 Å². The van der Waals surface area contributed by atoms with Crippen LogP contribution >= 0.6 is 0 Å². The van der Waals surface area contributed by atoms with Crippen LogP contribution in [0.2, 0.25) is 0 Å². The van der Waals surface area contributed by atoms with Crippen LogP contribution in [0.15, 0.2) is 48.2 Å². The molecule has 2 rings (SSSR count). The number of ether oxygens (including phenoxy) is 1. The number of carboxylic acids is 1. The second-order valence-electron chi connectivity index (χ2n) is 3.68. The molecule has 0 aliphatic heterocycles. The number of hydrogen-bond donors (Lipinski definition) is 2. The van der Waals surface area contributed by atoms with Crippen LogP contribution in [-0.4, -0.2) is 32.9 Å². The second kappa shape index (κ2) is 8.97. The fourth-order valence-corrected chi connectivity index (χ4v) is 1.48. The van der Waals surface area contributed by atoms with E-state index in [1.807, 2.05) is 18.2 Å². The van der Waals surface area contributed by atoms with Crippen molar-refractivity contribution < 1.29 is 19.8 Å². The minimum absolute atomic E-state index is 0.117. The maximum Gasteiger partial charge on any atom is 0.339 e. The summed E-state index contributed by atoms with van der Waals surface area (Å²) in [7, 11) is 0. The van der Waals surface area contributed by atoms with Gasteiger partial charge in [-0.15, -0.1) is 4.91 Å². The molecule has 2 heterocycles.